The van der Waals surface area contributed by atoms with E-state index in [2.05, 4.69) is 0 Å². The van der Waals surface area contributed by atoms with E-state index in [9.17, 15) is 9.90 Å². The number of ketones is 1. The van der Waals surface area contributed by atoms with E-state index in [1.54, 1.807) is 6.07 Å². The first-order valence-corrected chi connectivity index (χ1v) is 9.70. The Labute approximate surface area is 228 Å². The number of fused-ring (bicyclic) bond motifs is 2. The molecule has 2 aromatic rings. The molecule has 1 atom stereocenters. The lowest BCUT2D eigenvalue weighted by Gasteiger charge is -2.22. The molecule has 0 aliphatic carbocycles. The number of allylic oxidation sites excluding steroid dienone is 1. The van der Waals surface area contributed by atoms with E-state index < -0.39 is 63.8 Å². The van der Waals surface area contributed by atoms with Gasteiger partial charge in [-0.25, -0.2) is 0 Å². The number of aliphatic hydroxyl groups is 1. The summed E-state index contributed by atoms with van der Waals surface area (Å²) in [6, 6.07) is 9.04. The average molecular weight is 486 g/mol. The summed E-state index contributed by atoms with van der Waals surface area (Å²) >= 11 is 0. The van der Waals surface area contributed by atoms with Crippen LogP contribution in [0.4, 0.5) is 0 Å². The van der Waals surface area contributed by atoms with Crippen molar-refractivity contribution in [3.63, 3.8) is 0 Å². The lowest BCUT2D eigenvalue weighted by atomic mass is 9.89. The van der Waals surface area contributed by atoms with E-state index in [1.165, 1.54) is 30.3 Å². The Hall–Kier alpha value is -3.25. The maximum absolute atomic E-state index is 12.6. The maximum atomic E-state index is 12.6. The summed E-state index contributed by atoms with van der Waals surface area (Å²) in [6.07, 6.45) is -0.0431. The molecule has 2 aliphatic rings. The molecule has 34 heavy (non-hydrogen) atoms. The lowest BCUT2D eigenvalue weighted by molar-refractivity contribution is -0.121. The summed E-state index contributed by atoms with van der Waals surface area (Å²) < 4.78 is 164. The van der Waals surface area contributed by atoms with Gasteiger partial charge in [-0.2, -0.15) is 0 Å². The van der Waals surface area contributed by atoms with Crippen molar-refractivity contribution >= 4 is 17.9 Å². The first-order valence-electron chi connectivity index (χ1n) is 19.2. The second-order valence-electron chi connectivity index (χ2n) is 7.14. The smallest absolute Gasteiger partial charge is 0.231 e. The molecule has 1 unspecified atom stereocenters. The van der Waals surface area contributed by atoms with Gasteiger partial charge in [0.2, 0.25) is 13.6 Å². The Kier molecular flexibility index (Phi) is 3.09. The van der Waals surface area contributed by atoms with Crippen LogP contribution in [-0.2, 0) is 4.79 Å². The Morgan fingerprint density at radius 1 is 0.882 bits per heavy atom. The molecule has 0 radical (unpaired) electrons. The Morgan fingerprint density at radius 3 is 1.94 bits per heavy atom. The number of benzene rings is 2. The molecular weight excluding hydrogens is 432 g/mol. The molecule has 2 heterocycles. The highest BCUT2D eigenvalue weighted by Gasteiger charge is 2.20. The molecule has 0 saturated carbocycles. The summed E-state index contributed by atoms with van der Waals surface area (Å²) in [5, 5.41) is 10.5. The van der Waals surface area contributed by atoms with Crippen molar-refractivity contribution in [1.82, 2.24) is 0 Å². The summed E-state index contributed by atoms with van der Waals surface area (Å²) in [5.41, 5.74) is -6.55. The topological polar surface area (TPSA) is 74.2 Å². The fourth-order valence-corrected chi connectivity index (χ4v) is 2.63. The lowest BCUT2D eigenvalue weighted by Crippen LogP contribution is -2.23. The van der Waals surface area contributed by atoms with E-state index in [0.717, 1.165) is 12.2 Å². The maximum Gasteiger partial charge on any atom is 0.231 e. The molecule has 0 amide bonds. The molecule has 4 rings (SSSR count). The quantitative estimate of drug-likeness (QED) is 0.545. The second kappa shape index (κ2) is 10.3. The molecule has 0 saturated heterocycles. The Morgan fingerprint density at radius 2 is 1.41 bits per heavy atom. The third-order valence-corrected chi connectivity index (χ3v) is 4.41. The van der Waals surface area contributed by atoms with Gasteiger partial charge in [-0.3, -0.25) is 4.79 Å². The van der Waals surface area contributed by atoms with Gasteiger partial charge in [-0.1, -0.05) is 71.5 Å². The standard InChI is InChI=1S/C14H18O3.C14H16O3/c2*1-14(2,3)13(15)7-5-10-4-6-11-12(8-10)17-9-16-11/h4-8,13,15H,9H2,1-3H3;4-8H,9H2,1-3H3/b2*7-5+/i1D3,2D3,3D3,13D;1D3,2D3,3D3. The summed E-state index contributed by atoms with van der Waals surface area (Å²) in [5.74, 6) is 0.174. The van der Waals surface area contributed by atoms with Gasteiger partial charge in [0, 0.05) is 30.1 Å². The van der Waals surface area contributed by atoms with Gasteiger partial charge in [0.1, 0.15) is 0 Å². The van der Waals surface area contributed by atoms with Crippen LogP contribution in [0.2, 0.25) is 0 Å². The minimum Gasteiger partial charge on any atom is -0.454 e. The van der Waals surface area contributed by atoms with Crippen LogP contribution < -0.4 is 18.9 Å². The van der Waals surface area contributed by atoms with Crippen LogP contribution in [0.1, 0.15) is 78.3 Å². The zero-order valence-corrected chi connectivity index (χ0v) is 17.7. The number of hydrogen-bond donors (Lipinski definition) is 1. The third-order valence-electron chi connectivity index (χ3n) is 4.41. The number of rotatable bonds is 4. The van der Waals surface area contributed by atoms with Crippen molar-refractivity contribution < 1.29 is 54.9 Å². The molecule has 0 aromatic heterocycles. The summed E-state index contributed by atoms with van der Waals surface area (Å²) in [6.45, 7) is -21.8. The van der Waals surface area contributed by atoms with Crippen molar-refractivity contribution in [2.24, 2.45) is 10.8 Å². The predicted molar refractivity (Wildman–Crippen MR) is 133 cm³/mol. The molecule has 1 N–H and O–H groups in total. The van der Waals surface area contributed by atoms with Crippen molar-refractivity contribution in [2.75, 3.05) is 13.6 Å². The van der Waals surface area contributed by atoms with Crippen LogP contribution in [0.3, 0.4) is 0 Å². The molecule has 6 nitrogen and oxygen atoms in total. The molecule has 2 aromatic carbocycles. The van der Waals surface area contributed by atoms with E-state index in [-0.39, 0.29) is 13.6 Å². The number of carbonyl (C=O) groups excluding carboxylic acids is 1. The average Bonchev–Trinajstić information content (AvgIpc) is 3.59. The fraction of sp³-hybridized carbons (Fsp3) is 0.393. The van der Waals surface area contributed by atoms with Crippen LogP contribution in [0, 0.1) is 10.8 Å². The normalized spacial score (nSPS) is 26.8. The first kappa shape index (κ1) is 10.2. The monoisotopic (exact) mass is 485 g/mol. The predicted octanol–water partition coefficient (Wildman–Crippen LogP) is 5.88. The van der Waals surface area contributed by atoms with Crippen LogP contribution in [0.25, 0.3) is 12.2 Å². The van der Waals surface area contributed by atoms with Gasteiger partial charge < -0.3 is 24.1 Å². The van der Waals surface area contributed by atoms with Gasteiger partial charge in [-0.05, 0) is 46.9 Å². The highest BCUT2D eigenvalue weighted by molar-refractivity contribution is 5.97. The molecule has 2 aliphatic heterocycles. The van der Waals surface area contributed by atoms with Gasteiger partial charge in [0.15, 0.2) is 28.8 Å². The molecule has 6 heteroatoms. The minimum absolute atomic E-state index is 0.00510. The summed E-state index contributed by atoms with van der Waals surface area (Å²) in [7, 11) is 0. The van der Waals surface area contributed by atoms with Crippen molar-refractivity contribution in [1.29, 1.82) is 0 Å². The first-order chi connectivity index (χ1) is 23.8. The fourth-order valence-electron chi connectivity index (χ4n) is 2.63. The minimum atomic E-state index is -3.73. The second-order valence-corrected chi connectivity index (χ2v) is 7.14. The van der Waals surface area contributed by atoms with E-state index in [4.69, 9.17) is 45.0 Å². The molecule has 0 fully saturated rings. The van der Waals surface area contributed by atoms with Crippen molar-refractivity contribution in [2.45, 2.75) is 47.2 Å². The van der Waals surface area contributed by atoms with Crippen molar-refractivity contribution in [3.05, 3.63) is 59.7 Å². The molecular formula is C28H34O6. The number of ether oxygens (including phenoxy) is 4. The summed E-state index contributed by atoms with van der Waals surface area (Å²) in [4.78, 5) is 12.6. The Bertz CT molecular complexity index is 1640. The largest absolute Gasteiger partial charge is 0.454 e. The van der Waals surface area contributed by atoms with E-state index in [0.29, 0.717) is 46.3 Å². The van der Waals surface area contributed by atoms with Gasteiger partial charge in [-0.15, -0.1) is 0 Å². The van der Waals surface area contributed by atoms with Crippen LogP contribution in [0.5, 0.6) is 23.0 Å². The zero-order chi connectivity index (χ0) is 40.9. The number of carbonyl (C=O) groups is 1. The van der Waals surface area contributed by atoms with Crippen LogP contribution in [0.15, 0.2) is 48.6 Å². The highest BCUT2D eigenvalue weighted by atomic mass is 16.7. The highest BCUT2D eigenvalue weighted by Crippen LogP contribution is 2.34. The van der Waals surface area contributed by atoms with Crippen LogP contribution in [-0.4, -0.2) is 30.6 Å². The van der Waals surface area contributed by atoms with Crippen molar-refractivity contribution in [3.8, 4) is 23.0 Å². The van der Waals surface area contributed by atoms with Crippen LogP contribution >= 0.6 is 0 Å². The van der Waals surface area contributed by atoms with E-state index in [1.807, 2.05) is 0 Å². The molecule has 0 spiro atoms. The van der Waals surface area contributed by atoms with Gasteiger partial charge in [0.25, 0.3) is 0 Å². The molecule has 182 valence electrons. The zero-order valence-electron chi connectivity index (χ0n) is 36.7. The number of hydrogen-bond acceptors (Lipinski definition) is 6. The Balaban J connectivity index is 0.000000286. The van der Waals surface area contributed by atoms with Gasteiger partial charge in [0.05, 0.1) is 7.45 Å². The van der Waals surface area contributed by atoms with Gasteiger partial charge >= 0.3 is 0 Å². The SMILES string of the molecule is [2H]C([2H])([2H])C(C(=O)/C=C/c1ccc2c(c1)OCO2)(C([2H])([2H])[2H])C([2H])([2H])[2H].[2H]C([2H])([2H])C(C([2H])([2H])[2H])(C([2H])([2H])[2H])C([2H])(O)/C=C/c1ccc2c(c1)OCO2. The third kappa shape index (κ3) is 6.87. The van der Waals surface area contributed by atoms with E-state index >= 15 is 0 Å². The molecule has 0 bridgehead atoms.